The number of nitrogens with two attached hydrogens (primary N) is 2. The highest BCUT2D eigenvalue weighted by Gasteiger charge is 2.50. The molecular formula is C29H33N3O6S. The second kappa shape index (κ2) is 13.4. The minimum atomic E-state index is -1.66. The quantitative estimate of drug-likeness (QED) is 0.206. The van der Waals surface area contributed by atoms with E-state index in [1.807, 2.05) is 60.7 Å². The zero-order valence-electron chi connectivity index (χ0n) is 21.3. The predicted octanol–water partition coefficient (Wildman–Crippen LogP) is 2.36. The number of carbonyl (C=O) groups excluding carboxylic acids is 2. The van der Waals surface area contributed by atoms with Crippen molar-refractivity contribution in [2.45, 2.75) is 43.8 Å². The van der Waals surface area contributed by atoms with Gasteiger partial charge in [-0.05, 0) is 41.5 Å². The summed E-state index contributed by atoms with van der Waals surface area (Å²) in [4.78, 5) is 49.6. The number of benzene rings is 2. The molecule has 0 heterocycles. The van der Waals surface area contributed by atoms with Crippen LogP contribution in [-0.4, -0.2) is 57.7 Å². The first-order valence-corrected chi connectivity index (χ1v) is 13.1. The van der Waals surface area contributed by atoms with Crippen LogP contribution in [0.5, 0.6) is 0 Å². The van der Waals surface area contributed by atoms with Crippen LogP contribution in [0.25, 0.3) is 11.1 Å². The highest BCUT2D eigenvalue weighted by atomic mass is 32.1. The Kier molecular flexibility index (Phi) is 10.2. The van der Waals surface area contributed by atoms with Crippen LogP contribution in [0.2, 0.25) is 0 Å². The van der Waals surface area contributed by atoms with Gasteiger partial charge in [-0.25, -0.2) is 4.79 Å². The fraction of sp³-hybridized carbons (Fsp3) is 0.310. The Bertz CT molecular complexity index is 1260. The van der Waals surface area contributed by atoms with E-state index in [1.54, 1.807) is 12.2 Å². The molecule has 0 saturated carbocycles. The summed E-state index contributed by atoms with van der Waals surface area (Å²) < 4.78 is 0. The molecular weight excluding hydrogens is 518 g/mol. The van der Waals surface area contributed by atoms with E-state index in [4.69, 9.17) is 16.6 Å². The van der Waals surface area contributed by atoms with Gasteiger partial charge in [-0.1, -0.05) is 72.8 Å². The number of amides is 1. The van der Waals surface area contributed by atoms with Crippen LogP contribution >= 0.6 is 12.6 Å². The van der Waals surface area contributed by atoms with Gasteiger partial charge in [0, 0.05) is 12.2 Å². The molecule has 0 spiro atoms. The first-order chi connectivity index (χ1) is 18.6. The normalized spacial score (nSPS) is 18.9. The summed E-state index contributed by atoms with van der Waals surface area (Å²) in [5, 5.41) is 21.5. The van der Waals surface area contributed by atoms with Crippen molar-refractivity contribution in [2.75, 3.05) is 5.75 Å². The van der Waals surface area contributed by atoms with E-state index in [9.17, 15) is 24.3 Å². The van der Waals surface area contributed by atoms with Gasteiger partial charge in [0.2, 0.25) is 5.91 Å². The lowest BCUT2D eigenvalue weighted by Gasteiger charge is -2.38. The second-order valence-corrected chi connectivity index (χ2v) is 9.95. The summed E-state index contributed by atoms with van der Waals surface area (Å²) in [5.41, 5.74) is 13.6. The lowest BCUT2D eigenvalue weighted by molar-refractivity contribution is -0.149. The minimum absolute atomic E-state index is 0.00957. The summed E-state index contributed by atoms with van der Waals surface area (Å²) >= 11 is 4.13. The number of aliphatic carboxylic acids is 2. The maximum absolute atomic E-state index is 13.6. The topological polar surface area (TPSA) is 173 Å². The third kappa shape index (κ3) is 7.44. The third-order valence-electron chi connectivity index (χ3n) is 6.76. The lowest BCUT2D eigenvalue weighted by atomic mass is 9.68. The predicted molar refractivity (Wildman–Crippen MR) is 151 cm³/mol. The maximum Gasteiger partial charge on any atom is 0.327 e. The Morgan fingerprint density at radius 2 is 1.56 bits per heavy atom. The molecule has 1 unspecified atom stereocenters. The molecule has 1 aliphatic rings. The summed E-state index contributed by atoms with van der Waals surface area (Å²) in [6.07, 6.45) is 5.05. The number of hydrogen-bond acceptors (Lipinski definition) is 7. The number of ketones is 1. The number of nitrogens with one attached hydrogen (secondary N) is 1. The molecule has 2 aromatic rings. The second-order valence-electron chi connectivity index (χ2n) is 9.58. The van der Waals surface area contributed by atoms with Crippen molar-refractivity contribution >= 4 is 36.3 Å². The maximum atomic E-state index is 13.6. The number of thiol groups is 1. The van der Waals surface area contributed by atoms with E-state index < -0.39 is 47.2 Å². The van der Waals surface area contributed by atoms with Crippen LogP contribution < -0.4 is 16.8 Å². The van der Waals surface area contributed by atoms with Crippen LogP contribution in [-0.2, 0) is 25.6 Å². The van der Waals surface area contributed by atoms with Crippen molar-refractivity contribution in [2.24, 2.45) is 16.9 Å². The molecule has 0 aliphatic heterocycles. The van der Waals surface area contributed by atoms with Crippen molar-refractivity contribution in [3.05, 3.63) is 84.0 Å². The molecule has 7 N–H and O–H groups in total. The van der Waals surface area contributed by atoms with Gasteiger partial charge >= 0.3 is 11.9 Å². The SMILES string of the molecule is N[C@@H](CCC(=O)N[C@@H](C(=O)O)C1(C(=O)[C@@H](N)CS)C=C(Cc2ccc(-c3ccccc3)cc2)C=CC1)C(=O)O. The number of carboxylic acid groups (broad SMARTS) is 2. The van der Waals surface area contributed by atoms with Gasteiger partial charge in [0.25, 0.3) is 0 Å². The highest BCUT2D eigenvalue weighted by Crippen LogP contribution is 2.38. The monoisotopic (exact) mass is 551 g/mol. The first kappa shape index (κ1) is 29.8. The molecule has 0 saturated heterocycles. The lowest BCUT2D eigenvalue weighted by Crippen LogP contribution is -2.59. The van der Waals surface area contributed by atoms with E-state index in [2.05, 4.69) is 17.9 Å². The fourth-order valence-corrected chi connectivity index (χ4v) is 4.80. The zero-order valence-corrected chi connectivity index (χ0v) is 22.2. The average Bonchev–Trinajstić information content (AvgIpc) is 2.94. The van der Waals surface area contributed by atoms with E-state index in [-0.39, 0.29) is 25.0 Å². The molecule has 206 valence electrons. The van der Waals surface area contributed by atoms with Gasteiger partial charge < -0.3 is 27.0 Å². The van der Waals surface area contributed by atoms with Gasteiger partial charge in [-0.3, -0.25) is 14.4 Å². The molecule has 1 amide bonds. The standard InChI is InChI=1S/C29H33N3O6S/c30-22(27(35)36)12-13-24(33)32-25(28(37)38)29(26(34)23(31)17-39)14-4-5-19(16-29)15-18-8-10-21(11-9-18)20-6-2-1-3-7-20/h1-11,16,22-23,25,39H,12-15,17,30-31H2,(H,32,33)(H,35,36)(H,37,38)/t22-,23-,25-,29?/m0/s1. The Balaban J connectivity index is 1.90. The van der Waals surface area contributed by atoms with E-state index in [0.717, 1.165) is 16.7 Å². The molecule has 0 aromatic heterocycles. The highest BCUT2D eigenvalue weighted by molar-refractivity contribution is 7.80. The van der Waals surface area contributed by atoms with Gasteiger partial charge in [-0.15, -0.1) is 0 Å². The third-order valence-corrected chi connectivity index (χ3v) is 7.15. The molecule has 1 aliphatic carbocycles. The Labute approximate surface area is 232 Å². The Morgan fingerprint density at radius 3 is 2.15 bits per heavy atom. The number of Topliss-reactive ketones (excluding diaryl/α,β-unsaturated/α-hetero) is 1. The Hall–Kier alpha value is -3.73. The molecule has 0 bridgehead atoms. The van der Waals surface area contributed by atoms with E-state index in [1.165, 1.54) is 0 Å². The summed E-state index contributed by atoms with van der Waals surface area (Å²) in [6, 6.07) is 13.9. The molecule has 39 heavy (non-hydrogen) atoms. The molecule has 4 atom stereocenters. The fourth-order valence-electron chi connectivity index (χ4n) is 4.63. The van der Waals surface area contributed by atoms with Gasteiger partial charge in [0.1, 0.15) is 12.1 Å². The molecule has 0 radical (unpaired) electrons. The molecule has 9 nitrogen and oxygen atoms in total. The number of rotatable bonds is 13. The number of allylic oxidation sites excluding steroid dienone is 3. The van der Waals surface area contributed by atoms with Gasteiger partial charge in [0.15, 0.2) is 5.78 Å². The molecule has 10 heteroatoms. The van der Waals surface area contributed by atoms with Crippen LogP contribution in [0, 0.1) is 5.41 Å². The number of hydrogen-bond donors (Lipinski definition) is 6. The van der Waals surface area contributed by atoms with E-state index in [0.29, 0.717) is 12.0 Å². The minimum Gasteiger partial charge on any atom is -0.480 e. The summed E-state index contributed by atoms with van der Waals surface area (Å²) in [7, 11) is 0. The van der Waals surface area contributed by atoms with Crippen LogP contribution in [0.3, 0.4) is 0 Å². The average molecular weight is 552 g/mol. The largest absolute Gasteiger partial charge is 0.480 e. The molecule has 0 fully saturated rings. The van der Waals surface area contributed by atoms with Crippen molar-refractivity contribution in [1.82, 2.24) is 5.32 Å². The van der Waals surface area contributed by atoms with Crippen molar-refractivity contribution in [1.29, 1.82) is 0 Å². The van der Waals surface area contributed by atoms with Crippen LogP contribution in [0.15, 0.2) is 78.4 Å². The van der Waals surface area contributed by atoms with Crippen LogP contribution in [0.4, 0.5) is 0 Å². The summed E-state index contributed by atoms with van der Waals surface area (Å²) in [5.74, 6) is -3.99. The van der Waals surface area contributed by atoms with Gasteiger partial charge in [0.05, 0.1) is 11.5 Å². The van der Waals surface area contributed by atoms with Gasteiger partial charge in [-0.2, -0.15) is 12.6 Å². The molecule has 2 aromatic carbocycles. The Morgan fingerprint density at radius 1 is 0.923 bits per heavy atom. The van der Waals surface area contributed by atoms with Crippen molar-refractivity contribution in [3.63, 3.8) is 0 Å². The van der Waals surface area contributed by atoms with Crippen molar-refractivity contribution < 1.29 is 29.4 Å². The molecule has 3 rings (SSSR count). The van der Waals surface area contributed by atoms with Crippen molar-refractivity contribution in [3.8, 4) is 11.1 Å². The zero-order chi connectivity index (χ0) is 28.6. The number of carboxylic acids is 2. The smallest absolute Gasteiger partial charge is 0.327 e. The van der Waals surface area contributed by atoms with E-state index >= 15 is 0 Å². The summed E-state index contributed by atoms with van der Waals surface area (Å²) in [6.45, 7) is 0. The number of carbonyl (C=O) groups is 4. The van der Waals surface area contributed by atoms with Crippen LogP contribution in [0.1, 0.15) is 24.8 Å². The first-order valence-electron chi connectivity index (χ1n) is 12.5.